The maximum Gasteiger partial charge on any atom is 0.343 e. The van der Waals surface area contributed by atoms with Crippen molar-refractivity contribution in [3.63, 3.8) is 0 Å². The van der Waals surface area contributed by atoms with Crippen LogP contribution in [0.5, 0.6) is 5.75 Å². The van der Waals surface area contributed by atoms with Gasteiger partial charge in [-0.2, -0.15) is 0 Å². The van der Waals surface area contributed by atoms with Crippen molar-refractivity contribution >= 4 is 11.8 Å². The van der Waals surface area contributed by atoms with Gasteiger partial charge in [0.25, 0.3) is 0 Å². The van der Waals surface area contributed by atoms with E-state index in [1.54, 1.807) is 73.8 Å². The number of nitrogens with zero attached hydrogens (tertiary/aromatic N) is 1. The first-order valence-electron chi connectivity index (χ1n) is 7.49. The molecule has 2 aromatic carbocycles. The van der Waals surface area contributed by atoms with Gasteiger partial charge in [0.1, 0.15) is 11.4 Å². The molecule has 0 unspecified atom stereocenters. The monoisotopic (exact) mass is 317 g/mol. The van der Waals surface area contributed by atoms with Gasteiger partial charge in [-0.05, 0) is 42.8 Å². The summed E-state index contributed by atoms with van der Waals surface area (Å²) in [6.07, 6.45) is 1.56. The minimum atomic E-state index is -0.503. The highest BCUT2D eigenvalue weighted by atomic mass is 16.5. The van der Waals surface area contributed by atoms with Crippen LogP contribution < -0.4 is 4.74 Å². The van der Waals surface area contributed by atoms with Crippen LogP contribution >= 0.6 is 0 Å². The number of ketones is 1. The van der Waals surface area contributed by atoms with Gasteiger partial charge in [0.2, 0.25) is 5.78 Å². The topological polar surface area (TPSA) is 56.3 Å². The number of benzene rings is 2. The van der Waals surface area contributed by atoms with E-state index in [-0.39, 0.29) is 11.5 Å². The van der Waals surface area contributed by atoms with Crippen molar-refractivity contribution in [3.8, 4) is 5.75 Å². The van der Waals surface area contributed by atoms with Gasteiger partial charge in [-0.15, -0.1) is 0 Å². The van der Waals surface area contributed by atoms with E-state index in [1.165, 1.54) is 0 Å². The molecule has 0 saturated carbocycles. The maximum atomic E-state index is 12.8. The first-order valence-corrected chi connectivity index (χ1v) is 7.49. The van der Waals surface area contributed by atoms with Crippen LogP contribution in [0, 0.1) is 6.92 Å². The molecule has 3 aromatic rings. The van der Waals surface area contributed by atoms with Gasteiger partial charge in [-0.3, -0.25) is 9.78 Å². The lowest BCUT2D eigenvalue weighted by molar-refractivity contribution is 0.0733. The van der Waals surface area contributed by atoms with E-state index in [0.29, 0.717) is 16.8 Å². The second-order valence-corrected chi connectivity index (χ2v) is 5.25. The van der Waals surface area contributed by atoms with Crippen LogP contribution in [-0.2, 0) is 0 Å². The molecule has 1 heterocycles. The minimum Gasteiger partial charge on any atom is -0.422 e. The van der Waals surface area contributed by atoms with Gasteiger partial charge < -0.3 is 4.74 Å². The Morgan fingerprint density at radius 2 is 1.62 bits per heavy atom. The van der Waals surface area contributed by atoms with E-state index in [4.69, 9.17) is 4.74 Å². The fraction of sp³-hybridized carbons (Fsp3) is 0.0500. The Labute approximate surface area is 139 Å². The zero-order chi connectivity index (χ0) is 16.9. The van der Waals surface area contributed by atoms with Crippen molar-refractivity contribution in [3.05, 3.63) is 95.3 Å². The lowest BCUT2D eigenvalue weighted by atomic mass is 10.0. The van der Waals surface area contributed by atoms with Crippen LogP contribution in [0.3, 0.4) is 0 Å². The summed E-state index contributed by atoms with van der Waals surface area (Å²) in [5.74, 6) is -0.541. The van der Waals surface area contributed by atoms with E-state index in [9.17, 15) is 9.59 Å². The van der Waals surface area contributed by atoms with E-state index < -0.39 is 5.97 Å². The highest BCUT2D eigenvalue weighted by Crippen LogP contribution is 2.25. The molecule has 3 rings (SSSR count). The molecule has 0 N–H and O–H groups in total. The smallest absolute Gasteiger partial charge is 0.343 e. The van der Waals surface area contributed by atoms with E-state index in [1.807, 2.05) is 6.07 Å². The largest absolute Gasteiger partial charge is 0.422 e. The Balaban J connectivity index is 1.96. The van der Waals surface area contributed by atoms with Crippen LogP contribution in [-0.4, -0.2) is 16.7 Å². The molecule has 24 heavy (non-hydrogen) atoms. The highest BCUT2D eigenvalue weighted by Gasteiger charge is 2.20. The molecule has 118 valence electrons. The van der Waals surface area contributed by atoms with Crippen LogP contribution in [0.4, 0.5) is 0 Å². The van der Waals surface area contributed by atoms with Gasteiger partial charge in [0, 0.05) is 6.20 Å². The Bertz CT molecular complexity index is 874. The van der Waals surface area contributed by atoms with Crippen molar-refractivity contribution in [2.24, 2.45) is 0 Å². The third-order valence-corrected chi connectivity index (χ3v) is 3.57. The van der Waals surface area contributed by atoms with Gasteiger partial charge in [0.05, 0.1) is 11.1 Å². The summed E-state index contributed by atoms with van der Waals surface area (Å²) in [7, 11) is 0. The quantitative estimate of drug-likeness (QED) is 0.417. The SMILES string of the molecule is Cc1cccc(OC(=O)c2ccccc2)c1C(=O)c1ccccn1. The fourth-order valence-electron chi connectivity index (χ4n) is 2.38. The summed E-state index contributed by atoms with van der Waals surface area (Å²) < 4.78 is 5.47. The first kappa shape index (κ1) is 15.6. The third-order valence-electron chi connectivity index (χ3n) is 3.57. The lowest BCUT2D eigenvalue weighted by Gasteiger charge is -2.11. The molecule has 0 aliphatic carbocycles. The third kappa shape index (κ3) is 3.22. The van der Waals surface area contributed by atoms with Gasteiger partial charge in [-0.1, -0.05) is 36.4 Å². The molecule has 4 heteroatoms. The average molecular weight is 317 g/mol. The summed E-state index contributed by atoms with van der Waals surface area (Å²) in [6.45, 7) is 1.80. The number of hydrogen-bond acceptors (Lipinski definition) is 4. The predicted octanol–water partition coefficient (Wildman–Crippen LogP) is 3.84. The van der Waals surface area contributed by atoms with Crippen molar-refractivity contribution in [2.75, 3.05) is 0 Å². The molecule has 0 amide bonds. The predicted molar refractivity (Wildman–Crippen MR) is 90.2 cm³/mol. The zero-order valence-electron chi connectivity index (χ0n) is 13.1. The van der Waals surface area contributed by atoms with Crippen LogP contribution in [0.1, 0.15) is 32.0 Å². The van der Waals surface area contributed by atoms with E-state index in [2.05, 4.69) is 4.98 Å². The molecule has 1 aromatic heterocycles. The summed E-state index contributed by atoms with van der Waals surface area (Å²) in [5, 5.41) is 0. The molecule has 0 bridgehead atoms. The average Bonchev–Trinajstić information content (AvgIpc) is 2.63. The van der Waals surface area contributed by atoms with Gasteiger partial charge in [-0.25, -0.2) is 4.79 Å². The number of esters is 1. The number of carbonyl (C=O) groups is 2. The van der Waals surface area contributed by atoms with Crippen molar-refractivity contribution < 1.29 is 14.3 Å². The molecule has 0 saturated heterocycles. The Hall–Kier alpha value is -3.27. The lowest BCUT2D eigenvalue weighted by Crippen LogP contribution is -2.13. The Kier molecular flexibility index (Phi) is 4.47. The number of aryl methyl sites for hydroxylation is 1. The summed E-state index contributed by atoms with van der Waals surface area (Å²) in [4.78, 5) is 29.1. The number of rotatable bonds is 4. The molecule has 0 atom stereocenters. The number of carbonyl (C=O) groups excluding carboxylic acids is 2. The molecule has 0 radical (unpaired) electrons. The standard InChI is InChI=1S/C20H15NO3/c1-14-8-7-12-17(24-20(23)15-9-3-2-4-10-15)18(14)19(22)16-11-5-6-13-21-16/h2-13H,1H3. The normalized spacial score (nSPS) is 10.2. The van der Waals surface area contributed by atoms with Crippen molar-refractivity contribution in [1.82, 2.24) is 4.98 Å². The van der Waals surface area contributed by atoms with Gasteiger partial charge >= 0.3 is 5.97 Å². The number of hydrogen-bond donors (Lipinski definition) is 0. The zero-order valence-corrected chi connectivity index (χ0v) is 13.1. The molecule has 0 aliphatic rings. The number of aromatic nitrogens is 1. The summed E-state index contributed by atoms with van der Waals surface area (Å²) >= 11 is 0. The van der Waals surface area contributed by atoms with Crippen LogP contribution in [0.2, 0.25) is 0 Å². The minimum absolute atomic E-state index is 0.236. The number of ether oxygens (including phenoxy) is 1. The van der Waals surface area contributed by atoms with Crippen LogP contribution in [0.15, 0.2) is 72.9 Å². The van der Waals surface area contributed by atoms with Gasteiger partial charge in [0.15, 0.2) is 0 Å². The molecule has 0 aliphatic heterocycles. The maximum absolute atomic E-state index is 12.8. The summed E-state index contributed by atoms with van der Waals surface area (Å²) in [5.41, 5.74) is 1.81. The fourth-order valence-corrected chi connectivity index (χ4v) is 2.38. The Morgan fingerprint density at radius 1 is 0.875 bits per heavy atom. The van der Waals surface area contributed by atoms with E-state index in [0.717, 1.165) is 5.56 Å². The molecule has 4 nitrogen and oxygen atoms in total. The number of pyridine rings is 1. The Morgan fingerprint density at radius 3 is 2.33 bits per heavy atom. The van der Waals surface area contributed by atoms with Crippen molar-refractivity contribution in [1.29, 1.82) is 0 Å². The summed E-state index contributed by atoms with van der Waals surface area (Å²) in [6, 6.07) is 18.9. The van der Waals surface area contributed by atoms with E-state index >= 15 is 0 Å². The van der Waals surface area contributed by atoms with Crippen LogP contribution in [0.25, 0.3) is 0 Å². The molecular formula is C20H15NO3. The molecular weight excluding hydrogens is 302 g/mol. The first-order chi connectivity index (χ1) is 11.7. The second-order valence-electron chi connectivity index (χ2n) is 5.25. The second kappa shape index (κ2) is 6.87. The highest BCUT2D eigenvalue weighted by molar-refractivity contribution is 6.11. The molecule has 0 fully saturated rings. The molecule has 0 spiro atoms. The van der Waals surface area contributed by atoms with Crippen molar-refractivity contribution in [2.45, 2.75) is 6.92 Å².